The van der Waals surface area contributed by atoms with Crippen LogP contribution in [0.15, 0.2) is 24.3 Å². The molecule has 0 atom stereocenters. The van der Waals surface area contributed by atoms with Crippen molar-refractivity contribution < 1.29 is 9.47 Å². The molecule has 1 aliphatic rings. The molecule has 0 aromatic heterocycles. The lowest BCUT2D eigenvalue weighted by atomic mass is 10.1. The molecular weight excluding hydrogens is 176 g/mol. The van der Waals surface area contributed by atoms with Crippen molar-refractivity contribution in [1.29, 1.82) is 0 Å². The highest BCUT2D eigenvalue weighted by molar-refractivity contribution is 5.21. The Kier molecular flexibility index (Phi) is 3.17. The van der Waals surface area contributed by atoms with Crippen molar-refractivity contribution in [2.24, 2.45) is 0 Å². The molecule has 0 aliphatic carbocycles. The summed E-state index contributed by atoms with van der Waals surface area (Å²) in [6.07, 6.45) is 1.84. The van der Waals surface area contributed by atoms with Gasteiger partial charge >= 0.3 is 0 Å². The van der Waals surface area contributed by atoms with Crippen LogP contribution in [0.1, 0.15) is 17.5 Å². The van der Waals surface area contributed by atoms with Gasteiger partial charge in [-0.2, -0.15) is 0 Å². The van der Waals surface area contributed by atoms with Gasteiger partial charge in [0.15, 0.2) is 6.29 Å². The largest absolute Gasteiger partial charge is 0.352 e. The van der Waals surface area contributed by atoms with Crippen molar-refractivity contribution in [3.05, 3.63) is 35.4 Å². The fourth-order valence-corrected chi connectivity index (χ4v) is 1.57. The van der Waals surface area contributed by atoms with Crippen molar-refractivity contribution in [2.75, 3.05) is 13.2 Å². The SMILES string of the molecule is Cc1ccc(CC2OCCCO2)cc1. The second-order valence-electron chi connectivity index (χ2n) is 3.71. The molecule has 0 unspecified atom stereocenters. The van der Waals surface area contributed by atoms with Crippen LogP contribution in [0.25, 0.3) is 0 Å². The van der Waals surface area contributed by atoms with Crippen LogP contribution in [0.5, 0.6) is 0 Å². The maximum absolute atomic E-state index is 5.49. The van der Waals surface area contributed by atoms with E-state index in [9.17, 15) is 0 Å². The fraction of sp³-hybridized carbons (Fsp3) is 0.500. The Morgan fingerprint density at radius 3 is 2.43 bits per heavy atom. The fourth-order valence-electron chi connectivity index (χ4n) is 1.57. The standard InChI is InChI=1S/C12H16O2/c1-10-3-5-11(6-4-10)9-12-13-7-2-8-14-12/h3-6,12H,2,7-9H2,1H3. The van der Waals surface area contributed by atoms with Crippen LogP contribution < -0.4 is 0 Å². The topological polar surface area (TPSA) is 18.5 Å². The zero-order valence-electron chi connectivity index (χ0n) is 8.53. The van der Waals surface area contributed by atoms with Gasteiger partial charge in [-0.1, -0.05) is 29.8 Å². The second-order valence-corrected chi connectivity index (χ2v) is 3.71. The predicted molar refractivity (Wildman–Crippen MR) is 55.2 cm³/mol. The molecule has 0 saturated carbocycles. The van der Waals surface area contributed by atoms with Crippen LogP contribution in [-0.4, -0.2) is 19.5 Å². The van der Waals surface area contributed by atoms with E-state index in [1.807, 2.05) is 0 Å². The van der Waals surface area contributed by atoms with Gasteiger partial charge in [0, 0.05) is 6.42 Å². The number of rotatable bonds is 2. The lowest BCUT2D eigenvalue weighted by Gasteiger charge is -2.23. The van der Waals surface area contributed by atoms with Gasteiger partial charge in [-0.05, 0) is 18.9 Å². The summed E-state index contributed by atoms with van der Waals surface area (Å²) >= 11 is 0. The molecule has 14 heavy (non-hydrogen) atoms. The summed E-state index contributed by atoms with van der Waals surface area (Å²) in [6, 6.07) is 8.52. The highest BCUT2D eigenvalue weighted by atomic mass is 16.7. The number of ether oxygens (including phenoxy) is 2. The first-order chi connectivity index (χ1) is 6.84. The average molecular weight is 192 g/mol. The third kappa shape index (κ3) is 2.56. The Bertz CT molecular complexity index is 273. The van der Waals surface area contributed by atoms with Crippen LogP contribution in [0.4, 0.5) is 0 Å². The van der Waals surface area contributed by atoms with E-state index in [1.54, 1.807) is 0 Å². The number of aryl methyl sites for hydroxylation is 1. The van der Waals surface area contributed by atoms with Gasteiger partial charge in [-0.25, -0.2) is 0 Å². The molecule has 2 heteroatoms. The van der Waals surface area contributed by atoms with E-state index < -0.39 is 0 Å². The maximum atomic E-state index is 5.49. The monoisotopic (exact) mass is 192 g/mol. The van der Waals surface area contributed by atoms with E-state index in [-0.39, 0.29) is 6.29 Å². The van der Waals surface area contributed by atoms with Crippen molar-refractivity contribution in [3.63, 3.8) is 0 Å². The van der Waals surface area contributed by atoms with Crippen LogP contribution in [0.2, 0.25) is 0 Å². The summed E-state index contributed by atoms with van der Waals surface area (Å²) in [6.45, 7) is 3.75. The van der Waals surface area contributed by atoms with E-state index >= 15 is 0 Å². The lowest BCUT2D eigenvalue weighted by Crippen LogP contribution is -2.26. The van der Waals surface area contributed by atoms with E-state index in [1.165, 1.54) is 11.1 Å². The van der Waals surface area contributed by atoms with Gasteiger partial charge in [0.1, 0.15) is 0 Å². The Labute approximate surface area is 84.8 Å². The predicted octanol–water partition coefficient (Wildman–Crippen LogP) is 2.30. The van der Waals surface area contributed by atoms with Crippen LogP contribution >= 0.6 is 0 Å². The molecule has 1 saturated heterocycles. The van der Waals surface area contributed by atoms with Crippen molar-refractivity contribution in [2.45, 2.75) is 26.1 Å². The Morgan fingerprint density at radius 1 is 1.14 bits per heavy atom. The molecule has 0 radical (unpaired) electrons. The summed E-state index contributed by atoms with van der Waals surface area (Å²) in [5, 5.41) is 0. The molecule has 0 amide bonds. The van der Waals surface area contributed by atoms with Gasteiger partial charge < -0.3 is 9.47 Å². The first-order valence-corrected chi connectivity index (χ1v) is 5.13. The molecule has 76 valence electrons. The molecule has 1 aliphatic heterocycles. The van der Waals surface area contributed by atoms with E-state index in [0.717, 1.165) is 26.1 Å². The van der Waals surface area contributed by atoms with Gasteiger partial charge in [-0.3, -0.25) is 0 Å². The molecule has 1 aromatic rings. The quantitative estimate of drug-likeness (QED) is 0.715. The third-order valence-electron chi connectivity index (χ3n) is 2.42. The Balaban J connectivity index is 1.92. The van der Waals surface area contributed by atoms with Crippen LogP contribution in [0, 0.1) is 6.92 Å². The Hall–Kier alpha value is -0.860. The molecule has 1 aromatic carbocycles. The normalized spacial score (nSPS) is 18.4. The maximum Gasteiger partial charge on any atom is 0.161 e. The van der Waals surface area contributed by atoms with Crippen molar-refractivity contribution >= 4 is 0 Å². The lowest BCUT2D eigenvalue weighted by molar-refractivity contribution is -0.176. The molecule has 2 rings (SSSR count). The first-order valence-electron chi connectivity index (χ1n) is 5.13. The summed E-state index contributed by atoms with van der Waals surface area (Å²) in [7, 11) is 0. The first kappa shape index (κ1) is 9.69. The van der Waals surface area contributed by atoms with Crippen molar-refractivity contribution in [3.8, 4) is 0 Å². The molecule has 0 spiro atoms. The molecule has 0 bridgehead atoms. The van der Waals surface area contributed by atoms with Gasteiger partial charge in [0.2, 0.25) is 0 Å². The third-order valence-corrected chi connectivity index (χ3v) is 2.42. The molecular formula is C12H16O2. The summed E-state index contributed by atoms with van der Waals surface area (Å²) < 4.78 is 11.0. The van der Waals surface area contributed by atoms with E-state index in [4.69, 9.17) is 9.47 Å². The molecule has 1 fully saturated rings. The highest BCUT2D eigenvalue weighted by Gasteiger charge is 2.14. The van der Waals surface area contributed by atoms with Gasteiger partial charge in [-0.15, -0.1) is 0 Å². The second kappa shape index (κ2) is 4.58. The summed E-state index contributed by atoms with van der Waals surface area (Å²) in [5.74, 6) is 0. The van der Waals surface area contributed by atoms with Crippen LogP contribution in [0.3, 0.4) is 0 Å². The summed E-state index contributed by atoms with van der Waals surface area (Å²) in [4.78, 5) is 0. The van der Waals surface area contributed by atoms with Crippen molar-refractivity contribution in [1.82, 2.24) is 0 Å². The molecule has 1 heterocycles. The number of hydrogen-bond donors (Lipinski definition) is 0. The van der Waals surface area contributed by atoms with Gasteiger partial charge in [0.25, 0.3) is 0 Å². The minimum absolute atomic E-state index is 0.0357. The Morgan fingerprint density at radius 2 is 1.79 bits per heavy atom. The van der Waals surface area contributed by atoms with E-state index in [2.05, 4.69) is 31.2 Å². The number of benzene rings is 1. The summed E-state index contributed by atoms with van der Waals surface area (Å²) in [5.41, 5.74) is 2.57. The highest BCUT2D eigenvalue weighted by Crippen LogP contribution is 2.12. The smallest absolute Gasteiger partial charge is 0.161 e. The zero-order chi connectivity index (χ0) is 9.80. The number of hydrogen-bond acceptors (Lipinski definition) is 2. The minimum Gasteiger partial charge on any atom is -0.352 e. The van der Waals surface area contributed by atoms with Crippen LogP contribution in [-0.2, 0) is 15.9 Å². The molecule has 2 nitrogen and oxygen atoms in total. The average Bonchev–Trinajstić information content (AvgIpc) is 2.23. The van der Waals surface area contributed by atoms with E-state index in [0.29, 0.717) is 0 Å². The molecule has 0 N–H and O–H groups in total. The minimum atomic E-state index is -0.0357. The zero-order valence-corrected chi connectivity index (χ0v) is 8.53. The van der Waals surface area contributed by atoms with Gasteiger partial charge in [0.05, 0.1) is 13.2 Å².